The molecule has 5 rings (SSSR count). The molecule has 4 aromatic rings. The van der Waals surface area contributed by atoms with Crippen LogP contribution in [0.5, 0.6) is 5.75 Å². The van der Waals surface area contributed by atoms with E-state index >= 15 is 0 Å². The molecular weight excluding hydrogens is 418 g/mol. The molecule has 2 heterocycles. The van der Waals surface area contributed by atoms with Crippen molar-refractivity contribution in [3.63, 3.8) is 0 Å². The van der Waals surface area contributed by atoms with E-state index in [1.54, 1.807) is 23.1 Å². The first kappa shape index (κ1) is 21.2. The minimum atomic E-state index is -0.215. The van der Waals surface area contributed by atoms with Gasteiger partial charge in [-0.2, -0.15) is 0 Å². The highest BCUT2D eigenvalue weighted by molar-refractivity contribution is 5.84. The lowest BCUT2D eigenvalue weighted by Gasteiger charge is -2.25. The number of benzene rings is 3. The van der Waals surface area contributed by atoms with Crippen molar-refractivity contribution in [1.82, 2.24) is 14.9 Å². The van der Waals surface area contributed by atoms with Gasteiger partial charge in [-0.25, -0.2) is 4.98 Å². The van der Waals surface area contributed by atoms with Crippen molar-refractivity contribution in [1.29, 1.82) is 0 Å². The van der Waals surface area contributed by atoms with E-state index in [1.807, 2.05) is 48.5 Å². The van der Waals surface area contributed by atoms with Crippen LogP contribution in [0, 0.1) is 0 Å². The third-order valence-electron chi connectivity index (χ3n) is 5.89. The van der Waals surface area contributed by atoms with Crippen molar-refractivity contribution in [3.05, 3.63) is 82.9 Å². The van der Waals surface area contributed by atoms with Gasteiger partial charge in [-0.05, 0) is 47.9 Å². The molecule has 3 aromatic carbocycles. The molecule has 1 aromatic heterocycles. The molecule has 0 radical (unpaired) electrons. The van der Waals surface area contributed by atoms with E-state index in [0.717, 1.165) is 23.6 Å². The van der Waals surface area contributed by atoms with Gasteiger partial charge < -0.3 is 19.4 Å². The summed E-state index contributed by atoms with van der Waals surface area (Å²) in [6, 6.07) is 20.9. The minimum Gasteiger partial charge on any atom is -0.484 e. The fourth-order valence-electron chi connectivity index (χ4n) is 4.17. The van der Waals surface area contributed by atoms with Crippen molar-refractivity contribution in [2.45, 2.75) is 25.5 Å². The van der Waals surface area contributed by atoms with Gasteiger partial charge in [0.1, 0.15) is 11.6 Å². The van der Waals surface area contributed by atoms with Crippen LogP contribution in [0.2, 0.25) is 0 Å². The van der Waals surface area contributed by atoms with Crippen molar-refractivity contribution < 1.29 is 14.3 Å². The average molecular weight is 444 g/mol. The molecule has 1 amide bonds. The van der Waals surface area contributed by atoms with E-state index in [4.69, 9.17) is 9.47 Å². The van der Waals surface area contributed by atoms with Gasteiger partial charge >= 0.3 is 0 Å². The molecule has 1 aliphatic heterocycles. The number of H-pyrrole nitrogens is 1. The van der Waals surface area contributed by atoms with Crippen LogP contribution in [0.3, 0.4) is 0 Å². The largest absolute Gasteiger partial charge is 0.484 e. The normalized spacial score (nSPS) is 15.7. The Morgan fingerprint density at radius 2 is 1.91 bits per heavy atom. The molecule has 1 fully saturated rings. The first-order chi connectivity index (χ1) is 16.2. The van der Waals surface area contributed by atoms with E-state index < -0.39 is 0 Å². The number of carbonyl (C=O) groups is 1. The van der Waals surface area contributed by atoms with Crippen molar-refractivity contribution in [2.24, 2.45) is 0 Å². The molecule has 33 heavy (non-hydrogen) atoms. The predicted octanol–water partition coefficient (Wildman–Crippen LogP) is 3.66. The highest BCUT2D eigenvalue weighted by Gasteiger charge is 2.24. The Hall–Kier alpha value is -3.71. The Balaban J connectivity index is 1.33. The standard InChI is InChI=1S/C26H25N3O4/c30-25(17-33-20-12-11-18-6-1-2-7-19(18)14-20)29(15-21-8-5-13-32-21)16-24-27-23-10-4-3-9-22(23)26(31)28-24/h1-4,6-7,9-12,14,21H,5,8,13,15-17H2,(H,27,28,31)/t21-/m1/s1. The summed E-state index contributed by atoms with van der Waals surface area (Å²) in [5.41, 5.74) is 0.390. The van der Waals surface area contributed by atoms with Gasteiger partial charge in [0.05, 0.1) is 23.6 Å². The molecule has 1 atom stereocenters. The SMILES string of the molecule is O=C(COc1ccc2ccccc2c1)N(Cc1nc2ccccc2c(=O)[nH]1)C[C@H]1CCCO1. The number of carbonyl (C=O) groups excluding carboxylic acids is 1. The smallest absolute Gasteiger partial charge is 0.261 e. The van der Waals surface area contributed by atoms with E-state index in [9.17, 15) is 9.59 Å². The summed E-state index contributed by atoms with van der Waals surface area (Å²) >= 11 is 0. The van der Waals surface area contributed by atoms with E-state index in [0.29, 0.717) is 35.6 Å². The van der Waals surface area contributed by atoms with Crippen LogP contribution in [0.1, 0.15) is 18.7 Å². The molecule has 0 aliphatic carbocycles. The van der Waals surface area contributed by atoms with Crippen LogP contribution in [-0.2, 0) is 16.1 Å². The fraction of sp³-hybridized carbons (Fsp3) is 0.269. The van der Waals surface area contributed by atoms with Crippen molar-refractivity contribution in [3.8, 4) is 5.75 Å². The number of aromatic nitrogens is 2. The second kappa shape index (κ2) is 9.42. The molecule has 0 saturated carbocycles. The lowest BCUT2D eigenvalue weighted by Crippen LogP contribution is -2.40. The van der Waals surface area contributed by atoms with Gasteiger partial charge in [-0.15, -0.1) is 0 Å². The number of rotatable bonds is 7. The quantitative estimate of drug-likeness (QED) is 0.471. The summed E-state index contributed by atoms with van der Waals surface area (Å²) in [4.78, 5) is 34.6. The maximum absolute atomic E-state index is 13.1. The lowest BCUT2D eigenvalue weighted by atomic mass is 10.1. The number of aromatic amines is 1. The zero-order valence-corrected chi connectivity index (χ0v) is 18.2. The molecular formula is C26H25N3O4. The molecule has 7 heteroatoms. The van der Waals surface area contributed by atoms with E-state index in [2.05, 4.69) is 9.97 Å². The zero-order valence-electron chi connectivity index (χ0n) is 18.2. The van der Waals surface area contributed by atoms with Crippen molar-refractivity contribution in [2.75, 3.05) is 19.8 Å². The number of ether oxygens (including phenoxy) is 2. The second-order valence-electron chi connectivity index (χ2n) is 8.24. The minimum absolute atomic E-state index is 0.0261. The molecule has 1 aliphatic rings. The first-order valence-electron chi connectivity index (χ1n) is 11.1. The molecule has 7 nitrogen and oxygen atoms in total. The number of fused-ring (bicyclic) bond motifs is 2. The van der Waals surface area contributed by atoms with Gasteiger partial charge in [-0.1, -0.05) is 42.5 Å². The van der Waals surface area contributed by atoms with Gasteiger partial charge in [-0.3, -0.25) is 9.59 Å². The van der Waals surface area contributed by atoms with Crippen molar-refractivity contribution >= 4 is 27.6 Å². The summed E-state index contributed by atoms with van der Waals surface area (Å²) < 4.78 is 11.6. The molecule has 0 spiro atoms. The maximum atomic E-state index is 13.1. The zero-order chi connectivity index (χ0) is 22.6. The summed E-state index contributed by atoms with van der Waals surface area (Å²) in [5.74, 6) is 0.890. The van der Waals surface area contributed by atoms with Gasteiger partial charge in [0.15, 0.2) is 6.61 Å². The number of para-hydroxylation sites is 1. The Labute approximate surface area is 191 Å². The maximum Gasteiger partial charge on any atom is 0.261 e. The number of hydrogen-bond donors (Lipinski definition) is 1. The van der Waals surface area contributed by atoms with Gasteiger partial charge in [0.25, 0.3) is 11.5 Å². The predicted molar refractivity (Wildman–Crippen MR) is 126 cm³/mol. The number of nitrogens with zero attached hydrogens (tertiary/aromatic N) is 2. The molecule has 1 N–H and O–H groups in total. The Morgan fingerprint density at radius 3 is 2.76 bits per heavy atom. The third kappa shape index (κ3) is 4.88. The van der Waals surface area contributed by atoms with E-state index in [1.165, 1.54) is 0 Å². The van der Waals surface area contributed by atoms with Gasteiger partial charge in [0.2, 0.25) is 0 Å². The highest BCUT2D eigenvalue weighted by Crippen LogP contribution is 2.21. The Bertz CT molecular complexity index is 1340. The molecule has 0 unspecified atom stereocenters. The van der Waals surface area contributed by atoms with Gasteiger partial charge in [0, 0.05) is 13.2 Å². The Morgan fingerprint density at radius 1 is 1.09 bits per heavy atom. The summed E-state index contributed by atoms with van der Waals surface area (Å²) in [6.45, 7) is 1.20. The summed E-state index contributed by atoms with van der Waals surface area (Å²) in [7, 11) is 0. The van der Waals surface area contributed by atoms with Crippen LogP contribution in [0.25, 0.3) is 21.7 Å². The van der Waals surface area contributed by atoms with E-state index in [-0.39, 0.29) is 30.7 Å². The number of hydrogen-bond acceptors (Lipinski definition) is 5. The first-order valence-corrected chi connectivity index (χ1v) is 11.1. The topological polar surface area (TPSA) is 84.5 Å². The van der Waals surface area contributed by atoms with Crippen LogP contribution in [0.4, 0.5) is 0 Å². The number of nitrogens with one attached hydrogen (secondary N) is 1. The lowest BCUT2D eigenvalue weighted by molar-refractivity contribution is -0.135. The summed E-state index contributed by atoms with van der Waals surface area (Å²) in [5, 5.41) is 2.69. The van der Waals surface area contributed by atoms with Crippen LogP contribution in [0.15, 0.2) is 71.5 Å². The third-order valence-corrected chi connectivity index (χ3v) is 5.89. The average Bonchev–Trinajstić information content (AvgIpc) is 3.35. The Kier molecular flexibility index (Phi) is 6.04. The fourth-order valence-corrected chi connectivity index (χ4v) is 4.17. The second-order valence-corrected chi connectivity index (χ2v) is 8.24. The van der Waals surface area contributed by atoms with Crippen LogP contribution < -0.4 is 10.3 Å². The van der Waals surface area contributed by atoms with Crippen LogP contribution >= 0.6 is 0 Å². The highest BCUT2D eigenvalue weighted by atomic mass is 16.5. The summed E-state index contributed by atoms with van der Waals surface area (Å²) in [6.07, 6.45) is 1.85. The number of amides is 1. The molecule has 1 saturated heterocycles. The monoisotopic (exact) mass is 443 g/mol. The molecule has 168 valence electrons. The van der Waals surface area contributed by atoms with Crippen LogP contribution in [-0.4, -0.2) is 46.6 Å². The molecule has 0 bridgehead atoms.